The number of hydrogen-bond donors (Lipinski definition) is 1. The maximum Gasteiger partial charge on any atom is 0.251 e. The van der Waals surface area contributed by atoms with Crippen LogP contribution in [0.25, 0.3) is 0 Å². The summed E-state index contributed by atoms with van der Waals surface area (Å²) >= 11 is 6.08. The summed E-state index contributed by atoms with van der Waals surface area (Å²) in [5.41, 5.74) is 2.42. The van der Waals surface area contributed by atoms with Gasteiger partial charge in [-0.25, -0.2) is 0 Å². The van der Waals surface area contributed by atoms with Crippen molar-refractivity contribution in [1.82, 2.24) is 15.1 Å². The topological polar surface area (TPSA) is 56.2 Å². The Labute approximate surface area is 151 Å². The van der Waals surface area contributed by atoms with Gasteiger partial charge in [0.05, 0.1) is 17.3 Å². The van der Waals surface area contributed by atoms with E-state index in [-0.39, 0.29) is 5.91 Å². The molecule has 2 aromatic carbocycles. The van der Waals surface area contributed by atoms with E-state index in [4.69, 9.17) is 16.3 Å². The number of para-hydroxylation sites is 1. The fraction of sp³-hybridized carbons (Fsp3) is 0.158. The number of aromatic nitrogens is 2. The highest BCUT2D eigenvalue weighted by Gasteiger charge is 2.08. The number of aryl methyl sites for hydroxylation is 1. The summed E-state index contributed by atoms with van der Waals surface area (Å²) in [6.45, 7) is 0.766. The summed E-state index contributed by atoms with van der Waals surface area (Å²) in [6.07, 6.45) is 1.70. The molecule has 0 saturated carbocycles. The Morgan fingerprint density at radius 3 is 2.80 bits per heavy atom. The van der Waals surface area contributed by atoms with Crippen LogP contribution in [0.4, 0.5) is 0 Å². The summed E-state index contributed by atoms with van der Waals surface area (Å²) in [5.74, 6) is 0.482. The summed E-state index contributed by atoms with van der Waals surface area (Å²) in [7, 11) is 1.84. The fourth-order valence-corrected chi connectivity index (χ4v) is 2.56. The van der Waals surface area contributed by atoms with E-state index in [1.54, 1.807) is 23.0 Å². The minimum absolute atomic E-state index is 0.138. The third kappa shape index (κ3) is 4.39. The minimum Gasteiger partial charge on any atom is -0.487 e. The zero-order valence-electron chi connectivity index (χ0n) is 13.8. The van der Waals surface area contributed by atoms with Crippen molar-refractivity contribution in [3.8, 4) is 5.75 Å². The van der Waals surface area contributed by atoms with Gasteiger partial charge in [0.15, 0.2) is 0 Å². The lowest BCUT2D eigenvalue weighted by Crippen LogP contribution is -2.24. The van der Waals surface area contributed by atoms with Gasteiger partial charge in [-0.2, -0.15) is 5.10 Å². The molecular formula is C19H18ClN3O2. The van der Waals surface area contributed by atoms with Crippen LogP contribution in [0.1, 0.15) is 21.6 Å². The molecule has 1 amide bonds. The minimum atomic E-state index is -0.138. The van der Waals surface area contributed by atoms with Crippen molar-refractivity contribution in [1.29, 1.82) is 0 Å². The van der Waals surface area contributed by atoms with Gasteiger partial charge < -0.3 is 10.1 Å². The number of carbonyl (C=O) groups excluding carboxylic acids is 1. The smallest absolute Gasteiger partial charge is 0.251 e. The lowest BCUT2D eigenvalue weighted by atomic mass is 10.1. The molecule has 6 heteroatoms. The monoisotopic (exact) mass is 355 g/mol. The predicted octanol–water partition coefficient (Wildman–Crippen LogP) is 3.58. The number of amides is 1. The molecule has 0 aliphatic carbocycles. The summed E-state index contributed by atoms with van der Waals surface area (Å²) in [4.78, 5) is 12.3. The number of hydrogen-bond acceptors (Lipinski definition) is 3. The van der Waals surface area contributed by atoms with E-state index in [0.29, 0.717) is 29.5 Å². The van der Waals surface area contributed by atoms with Crippen molar-refractivity contribution in [3.63, 3.8) is 0 Å². The third-order valence-electron chi connectivity index (χ3n) is 3.77. The first-order valence-corrected chi connectivity index (χ1v) is 8.22. The van der Waals surface area contributed by atoms with E-state index in [1.807, 2.05) is 49.5 Å². The number of halogens is 1. The molecule has 0 radical (unpaired) electrons. The SMILES string of the molecule is Cn1nccc1CNC(=O)c1cccc(COc2ccccc2Cl)c1. The quantitative estimate of drug-likeness (QED) is 0.735. The van der Waals surface area contributed by atoms with Gasteiger partial charge in [-0.3, -0.25) is 9.48 Å². The Kier molecular flexibility index (Phi) is 5.36. The molecule has 0 aliphatic rings. The van der Waals surface area contributed by atoms with Crippen LogP contribution in [0.5, 0.6) is 5.75 Å². The molecule has 0 fully saturated rings. The lowest BCUT2D eigenvalue weighted by Gasteiger charge is -2.10. The molecule has 1 heterocycles. The standard InChI is InChI=1S/C19H18ClN3O2/c1-23-16(9-10-22-23)12-21-19(24)15-6-4-5-14(11-15)13-25-18-8-3-2-7-17(18)20/h2-11H,12-13H2,1H3,(H,21,24). The number of nitrogens with one attached hydrogen (secondary N) is 1. The van der Waals surface area contributed by atoms with Crippen LogP contribution in [0.15, 0.2) is 60.8 Å². The van der Waals surface area contributed by atoms with Crippen molar-refractivity contribution in [3.05, 3.63) is 82.6 Å². The Morgan fingerprint density at radius 1 is 1.20 bits per heavy atom. The molecule has 0 spiro atoms. The van der Waals surface area contributed by atoms with Crippen LogP contribution in [-0.4, -0.2) is 15.7 Å². The predicted molar refractivity (Wildman–Crippen MR) is 96.6 cm³/mol. The molecule has 0 saturated heterocycles. The van der Waals surface area contributed by atoms with Crippen molar-refractivity contribution in [2.24, 2.45) is 7.05 Å². The Balaban J connectivity index is 1.61. The fourth-order valence-electron chi connectivity index (χ4n) is 2.37. The average molecular weight is 356 g/mol. The second-order valence-corrected chi connectivity index (χ2v) is 5.96. The molecule has 1 aromatic heterocycles. The Bertz CT molecular complexity index is 876. The van der Waals surface area contributed by atoms with Gasteiger partial charge in [0.2, 0.25) is 0 Å². The van der Waals surface area contributed by atoms with Gasteiger partial charge in [0, 0.05) is 18.8 Å². The molecule has 0 bridgehead atoms. The van der Waals surface area contributed by atoms with E-state index >= 15 is 0 Å². The van der Waals surface area contributed by atoms with Crippen molar-refractivity contribution in [2.75, 3.05) is 0 Å². The van der Waals surface area contributed by atoms with Gasteiger partial charge in [-0.1, -0.05) is 35.9 Å². The Hall–Kier alpha value is -2.79. The number of carbonyl (C=O) groups is 1. The van der Waals surface area contributed by atoms with Gasteiger partial charge >= 0.3 is 0 Å². The number of ether oxygens (including phenoxy) is 1. The molecule has 0 aliphatic heterocycles. The molecule has 0 unspecified atom stereocenters. The van der Waals surface area contributed by atoms with Gasteiger partial charge in [0.25, 0.3) is 5.91 Å². The van der Waals surface area contributed by atoms with Gasteiger partial charge in [-0.15, -0.1) is 0 Å². The summed E-state index contributed by atoms with van der Waals surface area (Å²) in [6, 6.07) is 16.5. The molecule has 0 atom stereocenters. The number of rotatable bonds is 6. The van der Waals surface area contributed by atoms with E-state index < -0.39 is 0 Å². The van der Waals surface area contributed by atoms with Gasteiger partial charge in [0.1, 0.15) is 12.4 Å². The molecular weight excluding hydrogens is 338 g/mol. The lowest BCUT2D eigenvalue weighted by molar-refractivity contribution is 0.0950. The first-order valence-electron chi connectivity index (χ1n) is 7.85. The summed E-state index contributed by atoms with van der Waals surface area (Å²) < 4.78 is 7.45. The first-order chi connectivity index (χ1) is 12.1. The molecule has 25 heavy (non-hydrogen) atoms. The molecule has 3 rings (SSSR count). The summed E-state index contributed by atoms with van der Waals surface area (Å²) in [5, 5.41) is 7.53. The van der Waals surface area contributed by atoms with Gasteiger partial charge in [-0.05, 0) is 35.9 Å². The van der Waals surface area contributed by atoms with E-state index in [9.17, 15) is 4.79 Å². The van der Waals surface area contributed by atoms with Crippen LogP contribution in [0, 0.1) is 0 Å². The third-order valence-corrected chi connectivity index (χ3v) is 4.08. The van der Waals surface area contributed by atoms with Crippen molar-refractivity contribution in [2.45, 2.75) is 13.2 Å². The second kappa shape index (κ2) is 7.85. The highest BCUT2D eigenvalue weighted by atomic mass is 35.5. The van der Waals surface area contributed by atoms with E-state index in [0.717, 1.165) is 11.3 Å². The number of benzene rings is 2. The molecule has 3 aromatic rings. The number of nitrogens with zero attached hydrogens (tertiary/aromatic N) is 2. The highest BCUT2D eigenvalue weighted by Crippen LogP contribution is 2.24. The zero-order valence-corrected chi connectivity index (χ0v) is 14.5. The highest BCUT2D eigenvalue weighted by molar-refractivity contribution is 6.32. The maximum atomic E-state index is 12.3. The average Bonchev–Trinajstić information content (AvgIpc) is 3.04. The largest absolute Gasteiger partial charge is 0.487 e. The second-order valence-electron chi connectivity index (χ2n) is 5.55. The normalized spacial score (nSPS) is 10.5. The van der Waals surface area contributed by atoms with Crippen LogP contribution in [0.2, 0.25) is 5.02 Å². The van der Waals surface area contributed by atoms with Crippen LogP contribution in [-0.2, 0) is 20.2 Å². The first kappa shape index (κ1) is 17.0. The molecule has 1 N–H and O–H groups in total. The van der Waals surface area contributed by atoms with Crippen molar-refractivity contribution < 1.29 is 9.53 Å². The van der Waals surface area contributed by atoms with Crippen molar-refractivity contribution >= 4 is 17.5 Å². The zero-order chi connectivity index (χ0) is 17.6. The van der Waals surface area contributed by atoms with Crippen LogP contribution < -0.4 is 10.1 Å². The van der Waals surface area contributed by atoms with E-state index in [2.05, 4.69) is 10.4 Å². The molecule has 5 nitrogen and oxygen atoms in total. The van der Waals surface area contributed by atoms with Crippen LogP contribution >= 0.6 is 11.6 Å². The Morgan fingerprint density at radius 2 is 2.04 bits per heavy atom. The maximum absolute atomic E-state index is 12.3. The van der Waals surface area contributed by atoms with E-state index in [1.165, 1.54) is 0 Å². The van der Waals surface area contributed by atoms with Crippen LogP contribution in [0.3, 0.4) is 0 Å². The molecule has 128 valence electrons.